The fraction of sp³-hybridized carbons (Fsp3) is 0.125. The van der Waals surface area contributed by atoms with Crippen LogP contribution in [0.3, 0.4) is 0 Å². The number of ether oxygens (including phenoxy) is 1. The van der Waals surface area contributed by atoms with E-state index in [0.29, 0.717) is 17.0 Å². The Hall–Kier alpha value is -3.58. The van der Waals surface area contributed by atoms with Crippen molar-refractivity contribution in [3.8, 4) is 17.2 Å². The van der Waals surface area contributed by atoms with Gasteiger partial charge in [-0.1, -0.05) is 41.5 Å². The smallest absolute Gasteiger partial charge is 0.238 e. The molecule has 7 heteroatoms. The highest BCUT2D eigenvalue weighted by atomic mass is 32.2. The summed E-state index contributed by atoms with van der Waals surface area (Å²) < 4.78 is 37.9. The molecule has 0 spiro atoms. The summed E-state index contributed by atoms with van der Waals surface area (Å²) in [6, 6.07) is 21.3. The molecule has 0 unspecified atom stereocenters. The summed E-state index contributed by atoms with van der Waals surface area (Å²) in [5.74, 6) is 0.895. The monoisotopic (exact) mass is 434 g/mol. The van der Waals surface area contributed by atoms with Gasteiger partial charge in [0.05, 0.1) is 12.0 Å². The minimum absolute atomic E-state index is 0.0457. The van der Waals surface area contributed by atoms with Crippen molar-refractivity contribution >= 4 is 21.4 Å². The summed E-state index contributed by atoms with van der Waals surface area (Å²) in [6.07, 6.45) is 0. The van der Waals surface area contributed by atoms with Crippen LogP contribution in [0.15, 0.2) is 87.1 Å². The van der Waals surface area contributed by atoms with Gasteiger partial charge in [0.15, 0.2) is 0 Å². The maximum Gasteiger partial charge on any atom is 0.238 e. The maximum absolute atomic E-state index is 13.4. The van der Waals surface area contributed by atoms with Crippen LogP contribution < -0.4 is 10.1 Å². The average molecular weight is 435 g/mol. The second-order valence-corrected chi connectivity index (χ2v) is 9.06. The zero-order valence-corrected chi connectivity index (χ0v) is 18.2. The highest BCUT2D eigenvalue weighted by Gasteiger charge is 2.28. The van der Waals surface area contributed by atoms with Crippen LogP contribution in [0.4, 0.5) is 11.6 Å². The highest BCUT2D eigenvalue weighted by molar-refractivity contribution is 7.91. The van der Waals surface area contributed by atoms with Gasteiger partial charge in [-0.05, 0) is 50.2 Å². The van der Waals surface area contributed by atoms with Gasteiger partial charge in [0.25, 0.3) is 0 Å². The third-order valence-corrected chi connectivity index (χ3v) is 6.49. The number of oxazole rings is 1. The summed E-state index contributed by atoms with van der Waals surface area (Å²) in [7, 11) is -2.35. The molecule has 0 aliphatic heterocycles. The predicted octanol–water partition coefficient (Wildman–Crippen LogP) is 5.54. The van der Waals surface area contributed by atoms with E-state index >= 15 is 0 Å². The first-order chi connectivity index (χ1) is 14.9. The van der Waals surface area contributed by atoms with Crippen molar-refractivity contribution in [2.24, 2.45) is 0 Å². The molecule has 3 aromatic carbocycles. The van der Waals surface area contributed by atoms with Gasteiger partial charge in [0.1, 0.15) is 5.75 Å². The van der Waals surface area contributed by atoms with Crippen LogP contribution in [0, 0.1) is 13.8 Å². The third-order valence-electron chi connectivity index (χ3n) is 4.81. The van der Waals surface area contributed by atoms with Crippen LogP contribution in [0.1, 0.15) is 11.1 Å². The molecule has 158 valence electrons. The lowest BCUT2D eigenvalue weighted by Crippen LogP contribution is -2.05. The predicted molar refractivity (Wildman–Crippen MR) is 120 cm³/mol. The largest absolute Gasteiger partial charge is 0.497 e. The van der Waals surface area contributed by atoms with Gasteiger partial charge in [0.2, 0.25) is 26.6 Å². The van der Waals surface area contributed by atoms with Gasteiger partial charge >= 0.3 is 0 Å². The lowest BCUT2D eigenvalue weighted by Gasteiger charge is -2.08. The van der Waals surface area contributed by atoms with Gasteiger partial charge in [-0.25, -0.2) is 8.42 Å². The Morgan fingerprint density at radius 3 is 2.19 bits per heavy atom. The summed E-state index contributed by atoms with van der Waals surface area (Å²) in [5, 5.41) is 2.88. The Kier molecular flexibility index (Phi) is 5.52. The molecule has 0 atom stereocenters. The minimum atomic E-state index is -3.92. The number of aryl methyl sites for hydroxylation is 2. The van der Waals surface area contributed by atoms with Crippen molar-refractivity contribution in [3.63, 3.8) is 0 Å². The Bertz CT molecular complexity index is 1310. The van der Waals surface area contributed by atoms with Crippen molar-refractivity contribution in [2.75, 3.05) is 12.4 Å². The van der Waals surface area contributed by atoms with E-state index in [1.54, 1.807) is 55.6 Å². The fourth-order valence-electron chi connectivity index (χ4n) is 3.05. The second kappa shape index (κ2) is 8.28. The average Bonchev–Trinajstić information content (AvgIpc) is 3.19. The molecular weight excluding hydrogens is 412 g/mol. The van der Waals surface area contributed by atoms with Crippen molar-refractivity contribution < 1.29 is 17.6 Å². The van der Waals surface area contributed by atoms with Crippen LogP contribution in [-0.4, -0.2) is 20.5 Å². The topological polar surface area (TPSA) is 81.4 Å². The molecule has 6 nitrogen and oxygen atoms in total. The quantitative estimate of drug-likeness (QED) is 0.429. The SMILES string of the molecule is COc1cccc(Nc2oc(-c3ccc(C)cc3)nc2S(=O)(=O)c2ccc(C)cc2)c1. The maximum atomic E-state index is 13.4. The van der Waals surface area contributed by atoms with E-state index in [1.165, 1.54) is 0 Å². The fourth-order valence-corrected chi connectivity index (χ4v) is 4.31. The number of anilines is 2. The molecule has 4 rings (SSSR count). The number of hydrogen-bond acceptors (Lipinski definition) is 6. The number of aromatic nitrogens is 1. The first-order valence-corrected chi connectivity index (χ1v) is 11.2. The van der Waals surface area contributed by atoms with Crippen molar-refractivity contribution in [2.45, 2.75) is 23.8 Å². The molecular formula is C24H22N2O4S. The zero-order chi connectivity index (χ0) is 22.0. The molecule has 0 aliphatic carbocycles. The lowest BCUT2D eigenvalue weighted by molar-refractivity contribution is 0.415. The number of nitrogens with one attached hydrogen (secondary N) is 1. The first kappa shape index (κ1) is 20.7. The molecule has 1 N–H and O–H groups in total. The molecule has 0 fully saturated rings. The summed E-state index contributed by atoms with van der Waals surface area (Å²) in [5.41, 5.74) is 3.35. The normalized spacial score (nSPS) is 11.3. The van der Waals surface area contributed by atoms with E-state index in [0.717, 1.165) is 11.1 Å². The van der Waals surface area contributed by atoms with Gasteiger partial charge in [-0.3, -0.25) is 0 Å². The molecule has 1 heterocycles. The van der Waals surface area contributed by atoms with Crippen LogP contribution in [-0.2, 0) is 9.84 Å². The van der Waals surface area contributed by atoms with E-state index < -0.39 is 9.84 Å². The van der Waals surface area contributed by atoms with E-state index in [2.05, 4.69) is 10.3 Å². The number of benzene rings is 3. The van der Waals surface area contributed by atoms with Gasteiger partial charge in [0, 0.05) is 17.3 Å². The van der Waals surface area contributed by atoms with Gasteiger partial charge in [-0.2, -0.15) is 4.98 Å². The number of nitrogens with zero attached hydrogens (tertiary/aromatic N) is 1. The molecule has 0 amide bonds. The van der Waals surface area contributed by atoms with E-state index in [-0.39, 0.29) is 21.7 Å². The van der Waals surface area contributed by atoms with Crippen LogP contribution in [0.25, 0.3) is 11.5 Å². The van der Waals surface area contributed by atoms with Crippen LogP contribution in [0.5, 0.6) is 5.75 Å². The van der Waals surface area contributed by atoms with E-state index in [1.807, 2.05) is 38.1 Å². The van der Waals surface area contributed by atoms with Crippen molar-refractivity contribution in [3.05, 3.63) is 83.9 Å². The number of methoxy groups -OCH3 is 1. The van der Waals surface area contributed by atoms with Crippen LogP contribution >= 0.6 is 0 Å². The van der Waals surface area contributed by atoms with Crippen LogP contribution in [0.2, 0.25) is 0 Å². The Balaban J connectivity index is 1.83. The van der Waals surface area contributed by atoms with Gasteiger partial charge < -0.3 is 14.5 Å². The molecule has 4 aromatic rings. The highest BCUT2D eigenvalue weighted by Crippen LogP contribution is 2.34. The summed E-state index contributed by atoms with van der Waals surface area (Å²) in [6.45, 7) is 3.88. The lowest BCUT2D eigenvalue weighted by atomic mass is 10.1. The standard InChI is InChI=1S/C24H22N2O4S/c1-16-7-11-18(12-8-16)22-26-24(31(27,28)21-13-9-17(2)10-14-21)23(30-22)25-19-5-4-6-20(15-19)29-3/h4-15,25H,1-3H3. The second-order valence-electron chi connectivity index (χ2n) is 7.19. The number of sulfone groups is 1. The molecule has 0 saturated heterocycles. The van der Waals surface area contributed by atoms with Crippen molar-refractivity contribution in [1.82, 2.24) is 4.98 Å². The van der Waals surface area contributed by atoms with Gasteiger partial charge in [-0.15, -0.1) is 0 Å². The zero-order valence-electron chi connectivity index (χ0n) is 17.4. The van der Waals surface area contributed by atoms with E-state index in [9.17, 15) is 8.42 Å². The molecule has 0 saturated carbocycles. The minimum Gasteiger partial charge on any atom is -0.497 e. The molecule has 0 bridgehead atoms. The third kappa shape index (κ3) is 4.32. The Labute approximate surface area is 181 Å². The number of rotatable bonds is 6. The molecule has 0 radical (unpaired) electrons. The summed E-state index contributed by atoms with van der Waals surface area (Å²) in [4.78, 5) is 4.52. The Morgan fingerprint density at radius 2 is 1.55 bits per heavy atom. The van der Waals surface area contributed by atoms with Crippen molar-refractivity contribution in [1.29, 1.82) is 0 Å². The molecule has 31 heavy (non-hydrogen) atoms. The first-order valence-electron chi connectivity index (χ1n) is 9.67. The Morgan fingerprint density at radius 1 is 0.903 bits per heavy atom. The molecule has 0 aliphatic rings. The number of hydrogen-bond donors (Lipinski definition) is 1. The van der Waals surface area contributed by atoms with E-state index in [4.69, 9.17) is 9.15 Å². The molecule has 1 aromatic heterocycles. The summed E-state index contributed by atoms with van der Waals surface area (Å²) >= 11 is 0.